The zero-order valence-corrected chi connectivity index (χ0v) is 13.3. The van der Waals surface area contributed by atoms with Crippen molar-refractivity contribution < 1.29 is 14.3 Å². The Morgan fingerprint density at radius 3 is 2.64 bits per heavy atom. The molecule has 22 heavy (non-hydrogen) atoms. The van der Waals surface area contributed by atoms with Gasteiger partial charge >= 0.3 is 0 Å². The van der Waals surface area contributed by atoms with Gasteiger partial charge in [0.2, 0.25) is 11.1 Å². The minimum Gasteiger partial charge on any atom is -0.493 e. The van der Waals surface area contributed by atoms with E-state index in [1.165, 1.54) is 23.5 Å². The van der Waals surface area contributed by atoms with Gasteiger partial charge in [0, 0.05) is 11.8 Å². The lowest BCUT2D eigenvalue weighted by Crippen LogP contribution is -2.16. The van der Waals surface area contributed by atoms with E-state index in [4.69, 9.17) is 15.3 Å². The number of hydrogen-bond donors (Lipinski definition) is 2. The molecule has 9 heteroatoms. The Labute approximate surface area is 132 Å². The van der Waals surface area contributed by atoms with Crippen LogP contribution in [0.2, 0.25) is 0 Å². The average Bonchev–Trinajstić information content (AvgIpc) is 2.84. The monoisotopic (exact) mass is 323 g/mol. The van der Waals surface area contributed by atoms with Crippen LogP contribution in [0.5, 0.6) is 11.5 Å². The van der Waals surface area contributed by atoms with Gasteiger partial charge in [0.05, 0.1) is 20.0 Å². The molecule has 0 saturated carbocycles. The van der Waals surface area contributed by atoms with Crippen molar-refractivity contribution >= 4 is 23.4 Å². The summed E-state index contributed by atoms with van der Waals surface area (Å²) in [5.41, 5.74) is 0.619. The van der Waals surface area contributed by atoms with E-state index in [1.54, 1.807) is 32.2 Å². The zero-order chi connectivity index (χ0) is 16.1. The highest BCUT2D eigenvalue weighted by Crippen LogP contribution is 2.29. The summed E-state index contributed by atoms with van der Waals surface area (Å²) >= 11 is 1.21. The van der Waals surface area contributed by atoms with Gasteiger partial charge in [-0.2, -0.15) is 0 Å². The highest BCUT2D eigenvalue weighted by atomic mass is 32.2. The van der Waals surface area contributed by atoms with Crippen molar-refractivity contribution in [3.05, 3.63) is 24.0 Å². The van der Waals surface area contributed by atoms with Gasteiger partial charge in [0.1, 0.15) is 5.82 Å². The summed E-state index contributed by atoms with van der Waals surface area (Å²) < 4.78 is 11.7. The molecule has 0 unspecified atom stereocenters. The minimum atomic E-state index is -0.183. The summed E-state index contributed by atoms with van der Waals surface area (Å²) in [4.78, 5) is 12.0. The molecule has 0 aliphatic carbocycles. The third kappa shape index (κ3) is 3.61. The molecule has 2 rings (SSSR count). The molecule has 3 N–H and O–H groups in total. The number of nitrogen functional groups attached to an aromatic ring is 1. The lowest BCUT2D eigenvalue weighted by molar-refractivity contribution is -0.113. The van der Waals surface area contributed by atoms with Crippen molar-refractivity contribution in [1.29, 1.82) is 0 Å². The third-order valence-corrected chi connectivity index (χ3v) is 3.78. The van der Waals surface area contributed by atoms with Crippen LogP contribution in [-0.4, -0.2) is 40.8 Å². The van der Waals surface area contributed by atoms with Crippen LogP contribution < -0.4 is 20.6 Å². The second kappa shape index (κ2) is 7.03. The number of nitrogens with one attached hydrogen (secondary N) is 1. The van der Waals surface area contributed by atoms with Crippen LogP contribution in [0.4, 0.5) is 5.69 Å². The molecule has 8 nitrogen and oxygen atoms in total. The van der Waals surface area contributed by atoms with Gasteiger partial charge in [-0.1, -0.05) is 11.8 Å². The molecule has 0 atom stereocenters. The fourth-order valence-electron chi connectivity index (χ4n) is 1.69. The third-order valence-electron chi connectivity index (χ3n) is 2.83. The molecule has 0 aliphatic rings. The topological polar surface area (TPSA) is 104 Å². The van der Waals surface area contributed by atoms with E-state index >= 15 is 0 Å². The Morgan fingerprint density at radius 2 is 2.05 bits per heavy atom. The second-order valence-corrected chi connectivity index (χ2v) is 5.25. The van der Waals surface area contributed by atoms with Crippen LogP contribution in [0.15, 0.2) is 23.4 Å². The number of rotatable bonds is 6. The predicted octanol–water partition coefficient (Wildman–Crippen LogP) is 1.05. The Morgan fingerprint density at radius 1 is 1.32 bits per heavy atom. The highest BCUT2D eigenvalue weighted by Gasteiger charge is 2.11. The Kier molecular flexibility index (Phi) is 5.10. The first kappa shape index (κ1) is 16.0. The molecule has 1 heterocycles. The smallest absolute Gasteiger partial charge is 0.234 e. The van der Waals surface area contributed by atoms with Crippen LogP contribution in [0.3, 0.4) is 0 Å². The largest absolute Gasteiger partial charge is 0.493 e. The molecule has 2 aromatic rings. The number of benzene rings is 1. The van der Waals surface area contributed by atoms with Crippen molar-refractivity contribution in [3.8, 4) is 11.5 Å². The zero-order valence-electron chi connectivity index (χ0n) is 12.5. The molecule has 0 saturated heterocycles. The second-order valence-electron chi connectivity index (χ2n) is 4.31. The lowest BCUT2D eigenvalue weighted by Gasteiger charge is -2.10. The summed E-state index contributed by atoms with van der Waals surface area (Å²) in [6.45, 7) is 1.74. The first-order chi connectivity index (χ1) is 10.5. The van der Waals surface area contributed by atoms with E-state index in [-0.39, 0.29) is 11.7 Å². The molecule has 0 spiro atoms. The molecule has 1 aromatic carbocycles. The van der Waals surface area contributed by atoms with Crippen LogP contribution in [0.1, 0.15) is 5.82 Å². The van der Waals surface area contributed by atoms with Crippen LogP contribution in [-0.2, 0) is 4.79 Å². The van der Waals surface area contributed by atoms with Crippen LogP contribution in [0, 0.1) is 6.92 Å². The summed E-state index contributed by atoms with van der Waals surface area (Å²) in [6.07, 6.45) is 0. The molecule has 1 amide bonds. The van der Waals surface area contributed by atoms with Crippen molar-refractivity contribution in [2.75, 3.05) is 31.1 Å². The summed E-state index contributed by atoms with van der Waals surface area (Å²) in [6, 6.07) is 5.15. The number of carbonyl (C=O) groups excluding carboxylic acids is 1. The van der Waals surface area contributed by atoms with Gasteiger partial charge < -0.3 is 20.6 Å². The SMILES string of the molecule is COc1ccc(NC(=O)CSc2nnc(C)n2N)cc1OC. The number of thioether (sulfide) groups is 1. The van der Waals surface area contributed by atoms with Crippen LogP contribution in [0.25, 0.3) is 0 Å². The summed E-state index contributed by atoms with van der Waals surface area (Å²) in [5, 5.41) is 11.0. The fraction of sp³-hybridized carbons (Fsp3) is 0.308. The fourth-order valence-corrected chi connectivity index (χ4v) is 2.39. The quantitative estimate of drug-likeness (QED) is 0.604. The van der Waals surface area contributed by atoms with Gasteiger partial charge in [0.25, 0.3) is 0 Å². The number of anilines is 1. The van der Waals surface area contributed by atoms with E-state index in [9.17, 15) is 4.79 Å². The van der Waals surface area contributed by atoms with E-state index < -0.39 is 0 Å². The molecule has 0 bridgehead atoms. The predicted molar refractivity (Wildman–Crippen MR) is 83.8 cm³/mol. The van der Waals surface area contributed by atoms with E-state index in [2.05, 4.69) is 15.5 Å². The minimum absolute atomic E-state index is 0.170. The summed E-state index contributed by atoms with van der Waals surface area (Å²) in [7, 11) is 3.09. The molecule has 0 aliphatic heterocycles. The summed E-state index contributed by atoms with van der Waals surface area (Å²) in [5.74, 6) is 7.44. The normalized spacial score (nSPS) is 10.3. The van der Waals surface area contributed by atoms with Gasteiger partial charge in [-0.05, 0) is 19.1 Å². The standard InChI is InChI=1S/C13H17N5O3S/c1-8-16-17-13(18(8)14)22-7-12(19)15-9-4-5-10(20-2)11(6-9)21-3/h4-6H,7,14H2,1-3H3,(H,15,19). The van der Waals surface area contributed by atoms with Crippen LogP contribution >= 0.6 is 11.8 Å². The molecular formula is C13H17N5O3S. The Bertz CT molecular complexity index is 674. The van der Waals surface area contributed by atoms with Gasteiger partial charge in [-0.15, -0.1) is 10.2 Å². The lowest BCUT2D eigenvalue weighted by atomic mass is 10.2. The average molecular weight is 323 g/mol. The maximum Gasteiger partial charge on any atom is 0.234 e. The number of carbonyl (C=O) groups is 1. The van der Waals surface area contributed by atoms with E-state index in [0.29, 0.717) is 28.2 Å². The molecule has 0 fully saturated rings. The number of aromatic nitrogens is 3. The number of aryl methyl sites for hydroxylation is 1. The Balaban J connectivity index is 1.96. The number of hydrogen-bond acceptors (Lipinski definition) is 7. The van der Waals surface area contributed by atoms with Gasteiger partial charge in [-0.25, -0.2) is 4.68 Å². The molecule has 1 aromatic heterocycles. The van der Waals surface area contributed by atoms with E-state index in [1.807, 2.05) is 0 Å². The number of amides is 1. The Hall–Kier alpha value is -2.42. The van der Waals surface area contributed by atoms with Crippen molar-refractivity contribution in [2.45, 2.75) is 12.1 Å². The maximum atomic E-state index is 12.0. The number of nitrogens with zero attached hydrogens (tertiary/aromatic N) is 3. The molecule has 118 valence electrons. The maximum absolute atomic E-state index is 12.0. The number of ether oxygens (including phenoxy) is 2. The van der Waals surface area contributed by atoms with E-state index in [0.717, 1.165) is 0 Å². The molecular weight excluding hydrogens is 306 g/mol. The van der Waals surface area contributed by atoms with Crippen molar-refractivity contribution in [2.24, 2.45) is 0 Å². The van der Waals surface area contributed by atoms with Gasteiger partial charge in [0.15, 0.2) is 11.5 Å². The molecule has 0 radical (unpaired) electrons. The first-order valence-electron chi connectivity index (χ1n) is 6.37. The highest BCUT2D eigenvalue weighted by molar-refractivity contribution is 7.99. The number of nitrogens with two attached hydrogens (primary N) is 1. The van der Waals surface area contributed by atoms with Crippen molar-refractivity contribution in [1.82, 2.24) is 14.9 Å². The van der Waals surface area contributed by atoms with Crippen molar-refractivity contribution in [3.63, 3.8) is 0 Å². The van der Waals surface area contributed by atoms with Gasteiger partial charge in [-0.3, -0.25) is 4.79 Å². The first-order valence-corrected chi connectivity index (χ1v) is 7.35. The number of methoxy groups -OCH3 is 2.